The van der Waals surface area contributed by atoms with Crippen molar-refractivity contribution in [3.8, 4) is 5.75 Å². The molecule has 0 aliphatic carbocycles. The quantitative estimate of drug-likeness (QED) is 0.414. The Morgan fingerprint density at radius 1 is 0.926 bits per heavy atom. The van der Waals surface area contributed by atoms with Crippen LogP contribution in [0.15, 0.2) is 84.9 Å². The maximum Gasteiger partial charge on any atom is 0.322 e. The molecule has 1 aliphatic rings. The fourth-order valence-corrected chi connectivity index (χ4v) is 3.78. The van der Waals surface area contributed by atoms with Crippen molar-refractivity contribution in [1.82, 2.24) is 0 Å². The highest BCUT2D eigenvalue weighted by atomic mass is 35.5. The number of hydrogen-bond acceptors (Lipinski definition) is 2. The van der Waals surface area contributed by atoms with Gasteiger partial charge in [0.25, 0.3) is 0 Å². The molecule has 134 valence electrons. The van der Waals surface area contributed by atoms with Gasteiger partial charge in [-0.15, -0.1) is 0 Å². The summed E-state index contributed by atoms with van der Waals surface area (Å²) in [5, 5.41) is 0.608. The van der Waals surface area contributed by atoms with E-state index in [1.165, 1.54) is 0 Å². The van der Waals surface area contributed by atoms with Crippen LogP contribution in [0.4, 0.5) is 0 Å². The van der Waals surface area contributed by atoms with Gasteiger partial charge in [0, 0.05) is 10.6 Å². The number of carbonyl (C=O) groups excluding carboxylic acids is 1. The third kappa shape index (κ3) is 3.54. The first-order valence-corrected chi connectivity index (χ1v) is 9.33. The third-order valence-corrected chi connectivity index (χ3v) is 5.21. The lowest BCUT2D eigenvalue weighted by Crippen LogP contribution is -2.35. The molecular weight excluding hydrogens is 356 g/mol. The zero-order valence-corrected chi connectivity index (χ0v) is 15.5. The van der Waals surface area contributed by atoms with Crippen molar-refractivity contribution in [1.29, 1.82) is 0 Å². The van der Waals surface area contributed by atoms with E-state index in [0.717, 1.165) is 16.7 Å². The van der Waals surface area contributed by atoms with Crippen molar-refractivity contribution < 1.29 is 9.53 Å². The van der Waals surface area contributed by atoms with Gasteiger partial charge in [-0.3, -0.25) is 4.79 Å². The molecule has 0 spiro atoms. The molecule has 3 aromatic rings. The fraction of sp³-hybridized carbons (Fsp3) is 0.125. The van der Waals surface area contributed by atoms with Crippen molar-refractivity contribution in [2.45, 2.75) is 18.3 Å². The summed E-state index contributed by atoms with van der Waals surface area (Å²) in [4.78, 5) is 13.0. The van der Waals surface area contributed by atoms with E-state index in [4.69, 9.17) is 16.3 Å². The maximum atomic E-state index is 13.0. The van der Waals surface area contributed by atoms with Crippen LogP contribution in [0.2, 0.25) is 5.02 Å². The molecule has 0 fully saturated rings. The Morgan fingerprint density at radius 2 is 1.63 bits per heavy atom. The Bertz CT molecular complexity index is 980. The molecule has 2 nitrogen and oxygen atoms in total. The van der Waals surface area contributed by atoms with Crippen molar-refractivity contribution in [2.24, 2.45) is 0 Å². The average molecular weight is 375 g/mol. The van der Waals surface area contributed by atoms with E-state index >= 15 is 0 Å². The molecule has 1 atom stereocenters. The van der Waals surface area contributed by atoms with Gasteiger partial charge in [-0.05, 0) is 42.2 Å². The smallest absolute Gasteiger partial charge is 0.322 e. The summed E-state index contributed by atoms with van der Waals surface area (Å²) in [7, 11) is 0. The van der Waals surface area contributed by atoms with E-state index in [-0.39, 0.29) is 5.97 Å². The number of esters is 1. The van der Waals surface area contributed by atoms with E-state index < -0.39 is 5.41 Å². The minimum Gasteiger partial charge on any atom is -0.426 e. The first-order valence-electron chi connectivity index (χ1n) is 8.95. The van der Waals surface area contributed by atoms with E-state index in [1.807, 2.05) is 72.8 Å². The summed E-state index contributed by atoms with van der Waals surface area (Å²) in [5.41, 5.74) is 2.29. The normalized spacial score (nSPS) is 18.5. The maximum absolute atomic E-state index is 13.0. The number of carbonyl (C=O) groups is 1. The molecule has 0 saturated carbocycles. The molecule has 0 saturated heterocycles. The molecule has 0 unspecified atom stereocenters. The Kier molecular flexibility index (Phi) is 4.83. The summed E-state index contributed by atoms with van der Waals surface area (Å²) in [6.45, 7) is 0. The second-order valence-corrected chi connectivity index (χ2v) is 7.23. The van der Waals surface area contributed by atoms with Crippen molar-refractivity contribution in [3.05, 3.63) is 107 Å². The van der Waals surface area contributed by atoms with Crippen molar-refractivity contribution in [3.63, 3.8) is 0 Å². The number of hydrogen-bond donors (Lipinski definition) is 0. The van der Waals surface area contributed by atoms with Gasteiger partial charge in [-0.2, -0.15) is 0 Å². The van der Waals surface area contributed by atoms with Gasteiger partial charge in [0.15, 0.2) is 0 Å². The summed E-state index contributed by atoms with van der Waals surface area (Å²) in [5.74, 6) is 0.384. The van der Waals surface area contributed by atoms with Crippen LogP contribution in [-0.2, 0) is 16.6 Å². The Morgan fingerprint density at radius 3 is 2.37 bits per heavy atom. The first kappa shape index (κ1) is 17.6. The van der Waals surface area contributed by atoms with Gasteiger partial charge < -0.3 is 4.74 Å². The molecule has 27 heavy (non-hydrogen) atoms. The lowest BCUT2D eigenvalue weighted by molar-refractivity contribution is -0.138. The van der Waals surface area contributed by atoms with Gasteiger partial charge in [-0.25, -0.2) is 0 Å². The standard InChI is InChI=1S/C24H19ClO2/c25-20-13-14-22-21(16-20)24(23(26)27-22,17-19-10-5-2-6-11-19)15-7-12-18-8-3-1-4-9-18/h1-14,16H,15,17H2/b12-7+/t24-/m0/s1. The first-order chi connectivity index (χ1) is 13.2. The number of ether oxygens (including phenoxy) is 1. The monoisotopic (exact) mass is 374 g/mol. The SMILES string of the molecule is O=C1Oc2ccc(Cl)cc2[C@]1(C/C=C/c1ccccc1)Cc1ccccc1. The highest BCUT2D eigenvalue weighted by Gasteiger charge is 2.48. The summed E-state index contributed by atoms with van der Waals surface area (Å²) in [6, 6.07) is 25.5. The highest BCUT2D eigenvalue weighted by molar-refractivity contribution is 6.30. The summed E-state index contributed by atoms with van der Waals surface area (Å²) >= 11 is 6.25. The van der Waals surface area contributed by atoms with Crippen molar-refractivity contribution in [2.75, 3.05) is 0 Å². The molecular formula is C24H19ClO2. The molecule has 1 aliphatic heterocycles. The zero-order valence-electron chi connectivity index (χ0n) is 14.8. The van der Waals surface area contributed by atoms with Crippen LogP contribution in [0.25, 0.3) is 6.08 Å². The Balaban J connectivity index is 1.73. The van der Waals surface area contributed by atoms with Gasteiger partial charge in [0.05, 0.1) is 0 Å². The second-order valence-electron chi connectivity index (χ2n) is 6.79. The van der Waals surface area contributed by atoms with Crippen molar-refractivity contribution >= 4 is 23.6 Å². The van der Waals surface area contributed by atoms with Gasteiger partial charge in [0.1, 0.15) is 11.2 Å². The summed E-state index contributed by atoms with van der Waals surface area (Å²) in [6.07, 6.45) is 5.21. The van der Waals surface area contributed by atoms with E-state index in [0.29, 0.717) is 23.6 Å². The predicted octanol–water partition coefficient (Wildman–Crippen LogP) is 5.84. The van der Waals surface area contributed by atoms with Crippen LogP contribution in [0.1, 0.15) is 23.1 Å². The molecule has 3 aromatic carbocycles. The van der Waals surface area contributed by atoms with E-state index in [9.17, 15) is 4.79 Å². The second kappa shape index (κ2) is 7.42. The van der Waals surface area contributed by atoms with Crippen LogP contribution in [-0.4, -0.2) is 5.97 Å². The Hall–Kier alpha value is -2.84. The van der Waals surface area contributed by atoms with Crippen LogP contribution >= 0.6 is 11.6 Å². The Labute approximate surface area is 164 Å². The van der Waals surface area contributed by atoms with Gasteiger partial charge in [-0.1, -0.05) is 84.4 Å². The minimum atomic E-state index is -0.771. The van der Waals surface area contributed by atoms with Crippen LogP contribution < -0.4 is 4.74 Å². The largest absolute Gasteiger partial charge is 0.426 e. The van der Waals surface area contributed by atoms with Gasteiger partial charge in [0.2, 0.25) is 0 Å². The number of rotatable bonds is 5. The van der Waals surface area contributed by atoms with E-state index in [2.05, 4.69) is 6.08 Å². The molecule has 0 radical (unpaired) electrons. The van der Waals surface area contributed by atoms with Crippen LogP contribution in [0.3, 0.4) is 0 Å². The molecule has 0 amide bonds. The molecule has 0 bridgehead atoms. The topological polar surface area (TPSA) is 26.3 Å². The predicted molar refractivity (Wildman–Crippen MR) is 109 cm³/mol. The number of allylic oxidation sites excluding steroid dienone is 1. The number of halogens is 1. The van der Waals surface area contributed by atoms with Crippen LogP contribution in [0.5, 0.6) is 5.75 Å². The molecule has 4 rings (SSSR count). The molecule has 3 heteroatoms. The fourth-order valence-electron chi connectivity index (χ4n) is 3.61. The van der Waals surface area contributed by atoms with Gasteiger partial charge >= 0.3 is 5.97 Å². The molecule has 1 heterocycles. The highest BCUT2D eigenvalue weighted by Crippen LogP contribution is 2.45. The minimum absolute atomic E-state index is 0.221. The lowest BCUT2D eigenvalue weighted by atomic mass is 9.74. The van der Waals surface area contributed by atoms with E-state index in [1.54, 1.807) is 12.1 Å². The lowest BCUT2D eigenvalue weighted by Gasteiger charge is -2.25. The number of benzene rings is 3. The van der Waals surface area contributed by atoms with Crippen LogP contribution in [0, 0.1) is 0 Å². The average Bonchev–Trinajstić information content (AvgIpc) is 2.95. The molecule has 0 aromatic heterocycles. The third-order valence-electron chi connectivity index (χ3n) is 4.98. The summed E-state index contributed by atoms with van der Waals surface area (Å²) < 4.78 is 5.62. The zero-order chi connectivity index (χ0) is 18.7. The molecule has 0 N–H and O–H groups in total. The number of fused-ring (bicyclic) bond motifs is 1.